The number of rotatable bonds is 8. The van der Waals surface area contributed by atoms with Gasteiger partial charge in [0, 0.05) is 12.5 Å². The van der Waals surface area contributed by atoms with Gasteiger partial charge in [0.05, 0.1) is 32.7 Å². The first-order valence-electron chi connectivity index (χ1n) is 9.69. The van der Waals surface area contributed by atoms with Crippen molar-refractivity contribution < 1.29 is 23.8 Å². The molecule has 32 heavy (non-hydrogen) atoms. The molecular formula is C22H24N4O5S. The van der Waals surface area contributed by atoms with Crippen molar-refractivity contribution in [3.63, 3.8) is 0 Å². The number of anilines is 1. The molecule has 2 N–H and O–H groups in total. The number of methoxy groups -OCH3 is 3. The normalized spacial score (nSPS) is 17.1. The van der Waals surface area contributed by atoms with Crippen LogP contribution in [0.2, 0.25) is 0 Å². The molecule has 0 radical (unpaired) electrons. The van der Waals surface area contributed by atoms with Gasteiger partial charge in [-0.05, 0) is 48.9 Å². The average Bonchev–Trinajstić information content (AvgIpc) is 3.16. The lowest BCUT2D eigenvalue weighted by atomic mass is 10.1. The van der Waals surface area contributed by atoms with Crippen molar-refractivity contribution in [3.8, 4) is 17.2 Å². The van der Waals surface area contributed by atoms with E-state index in [-0.39, 0.29) is 18.2 Å². The second-order valence-electron chi connectivity index (χ2n) is 6.73. The molecule has 2 aromatic rings. The fourth-order valence-electron chi connectivity index (χ4n) is 2.87. The highest BCUT2D eigenvalue weighted by Gasteiger charge is 2.32. The molecule has 3 rings (SSSR count). The lowest BCUT2D eigenvalue weighted by molar-refractivity contribution is -0.122. The molecule has 2 amide bonds. The predicted octanol–water partition coefficient (Wildman–Crippen LogP) is 3.05. The van der Waals surface area contributed by atoms with Crippen molar-refractivity contribution in [3.05, 3.63) is 48.0 Å². The van der Waals surface area contributed by atoms with Crippen LogP contribution in [-0.2, 0) is 9.59 Å². The minimum Gasteiger partial charge on any atom is -0.497 e. The van der Waals surface area contributed by atoms with Crippen LogP contribution in [0.5, 0.6) is 17.2 Å². The maximum Gasteiger partial charge on any atom is 0.240 e. The molecule has 0 saturated carbocycles. The van der Waals surface area contributed by atoms with Crippen LogP contribution in [0.3, 0.4) is 0 Å². The van der Waals surface area contributed by atoms with Crippen LogP contribution < -0.4 is 24.8 Å². The molecule has 0 spiro atoms. The van der Waals surface area contributed by atoms with Gasteiger partial charge in [0.2, 0.25) is 11.8 Å². The largest absolute Gasteiger partial charge is 0.497 e. The van der Waals surface area contributed by atoms with E-state index in [0.717, 1.165) is 11.3 Å². The van der Waals surface area contributed by atoms with Crippen molar-refractivity contribution in [2.45, 2.75) is 18.6 Å². The second-order valence-corrected chi connectivity index (χ2v) is 7.92. The lowest BCUT2D eigenvalue weighted by Crippen LogP contribution is -2.28. The Kier molecular flexibility index (Phi) is 7.72. The van der Waals surface area contributed by atoms with Crippen molar-refractivity contribution in [2.75, 3.05) is 26.6 Å². The molecule has 1 unspecified atom stereocenters. The number of ether oxygens (including phenoxy) is 3. The number of nitrogens with one attached hydrogen (secondary N) is 2. The summed E-state index contributed by atoms with van der Waals surface area (Å²) in [4.78, 5) is 24.7. The third-order valence-electron chi connectivity index (χ3n) is 4.63. The summed E-state index contributed by atoms with van der Waals surface area (Å²) in [7, 11) is 4.65. The van der Waals surface area contributed by atoms with Crippen LogP contribution in [0.15, 0.2) is 52.7 Å². The highest BCUT2D eigenvalue weighted by Crippen LogP contribution is 2.30. The number of carbonyl (C=O) groups is 2. The second kappa shape index (κ2) is 10.7. The van der Waals surface area contributed by atoms with Gasteiger partial charge in [-0.2, -0.15) is 5.10 Å². The van der Waals surface area contributed by atoms with E-state index < -0.39 is 5.25 Å². The summed E-state index contributed by atoms with van der Waals surface area (Å²) in [5.74, 6) is 1.21. The molecule has 0 bridgehead atoms. The minimum absolute atomic E-state index is 0.0219. The third-order valence-corrected chi connectivity index (χ3v) is 5.70. The first-order chi connectivity index (χ1) is 15.4. The highest BCUT2D eigenvalue weighted by molar-refractivity contribution is 8.15. The van der Waals surface area contributed by atoms with Crippen LogP contribution in [-0.4, -0.2) is 49.3 Å². The zero-order valence-electron chi connectivity index (χ0n) is 18.2. The molecule has 1 aliphatic rings. The summed E-state index contributed by atoms with van der Waals surface area (Å²) >= 11 is 1.17. The number of hydrogen-bond acceptors (Lipinski definition) is 8. The number of hydrogen-bond donors (Lipinski definition) is 2. The molecule has 0 aliphatic carbocycles. The molecule has 1 heterocycles. The van der Waals surface area contributed by atoms with Crippen molar-refractivity contribution >= 4 is 40.1 Å². The molecule has 1 fully saturated rings. The van der Waals surface area contributed by atoms with E-state index >= 15 is 0 Å². The molecule has 1 saturated heterocycles. The summed E-state index contributed by atoms with van der Waals surface area (Å²) in [5, 5.41) is 13.5. The quantitative estimate of drug-likeness (QED) is 0.467. The van der Waals surface area contributed by atoms with Crippen molar-refractivity contribution in [1.82, 2.24) is 5.32 Å². The monoisotopic (exact) mass is 456 g/mol. The SMILES string of the molecule is COc1ccc(/C(C)=N\N=C2/NC(=O)C(CC(=O)Nc3ccc(OC)cc3OC)S2)cc1. The predicted molar refractivity (Wildman–Crippen MR) is 125 cm³/mol. The Morgan fingerprint density at radius 2 is 1.75 bits per heavy atom. The van der Waals surface area contributed by atoms with E-state index in [1.54, 1.807) is 32.4 Å². The van der Waals surface area contributed by atoms with E-state index in [2.05, 4.69) is 20.8 Å². The molecule has 2 aromatic carbocycles. The smallest absolute Gasteiger partial charge is 0.240 e. The van der Waals surface area contributed by atoms with Gasteiger partial charge in [-0.15, -0.1) is 5.10 Å². The molecule has 168 valence electrons. The fraction of sp³-hybridized carbons (Fsp3) is 0.273. The first-order valence-corrected chi connectivity index (χ1v) is 10.6. The Balaban J connectivity index is 1.61. The van der Waals surface area contributed by atoms with Crippen LogP contribution >= 0.6 is 11.8 Å². The molecule has 0 aromatic heterocycles. The topological polar surface area (TPSA) is 111 Å². The number of benzene rings is 2. The first kappa shape index (κ1) is 23.1. The van der Waals surface area contributed by atoms with E-state index in [9.17, 15) is 9.59 Å². The van der Waals surface area contributed by atoms with E-state index in [1.165, 1.54) is 18.9 Å². The van der Waals surface area contributed by atoms with Gasteiger partial charge in [0.1, 0.15) is 22.5 Å². The van der Waals surface area contributed by atoms with E-state index in [0.29, 0.717) is 28.1 Å². The van der Waals surface area contributed by atoms with Gasteiger partial charge in [-0.3, -0.25) is 9.59 Å². The molecule has 10 heteroatoms. The Morgan fingerprint density at radius 1 is 1.06 bits per heavy atom. The van der Waals surface area contributed by atoms with Gasteiger partial charge in [0.15, 0.2) is 5.17 Å². The minimum atomic E-state index is -0.602. The van der Waals surface area contributed by atoms with Gasteiger partial charge >= 0.3 is 0 Å². The number of amides is 2. The summed E-state index contributed by atoms with van der Waals surface area (Å²) in [6.45, 7) is 1.82. The average molecular weight is 457 g/mol. The summed E-state index contributed by atoms with van der Waals surface area (Å²) in [6.07, 6.45) is -0.0219. The molecule has 1 aliphatic heterocycles. The Hall–Kier alpha value is -3.53. The Labute approximate surface area is 190 Å². The van der Waals surface area contributed by atoms with E-state index in [4.69, 9.17) is 14.2 Å². The maximum absolute atomic E-state index is 12.5. The highest BCUT2D eigenvalue weighted by atomic mass is 32.2. The van der Waals surface area contributed by atoms with Gasteiger partial charge in [-0.25, -0.2) is 0 Å². The van der Waals surface area contributed by atoms with Crippen LogP contribution in [0.4, 0.5) is 5.69 Å². The van der Waals surface area contributed by atoms with Gasteiger partial charge < -0.3 is 24.8 Å². The number of thioether (sulfide) groups is 1. The van der Waals surface area contributed by atoms with Gasteiger partial charge in [-0.1, -0.05) is 11.8 Å². The van der Waals surface area contributed by atoms with Crippen molar-refractivity contribution in [2.24, 2.45) is 10.2 Å². The molecule has 9 nitrogen and oxygen atoms in total. The number of carbonyl (C=O) groups excluding carboxylic acids is 2. The van der Waals surface area contributed by atoms with Gasteiger partial charge in [0.25, 0.3) is 0 Å². The zero-order valence-corrected chi connectivity index (χ0v) is 19.0. The van der Waals surface area contributed by atoms with Crippen LogP contribution in [0.25, 0.3) is 0 Å². The Bertz CT molecular complexity index is 1050. The lowest BCUT2D eigenvalue weighted by Gasteiger charge is -2.12. The Morgan fingerprint density at radius 3 is 2.41 bits per heavy atom. The maximum atomic E-state index is 12.5. The van der Waals surface area contributed by atoms with Crippen LogP contribution in [0, 0.1) is 0 Å². The molecular weight excluding hydrogens is 432 g/mol. The summed E-state index contributed by atoms with van der Waals surface area (Å²) in [6, 6.07) is 12.5. The summed E-state index contributed by atoms with van der Waals surface area (Å²) < 4.78 is 15.6. The van der Waals surface area contributed by atoms with Crippen molar-refractivity contribution in [1.29, 1.82) is 0 Å². The van der Waals surface area contributed by atoms with Crippen LogP contribution in [0.1, 0.15) is 18.9 Å². The number of nitrogens with zero attached hydrogens (tertiary/aromatic N) is 2. The standard InChI is InChI=1S/C22H24N4O5S/c1-13(14-5-7-15(29-2)8-6-14)25-26-22-24-21(28)19(32-22)12-20(27)23-17-10-9-16(30-3)11-18(17)31-4/h5-11,19H,12H2,1-4H3,(H,23,27)(H,24,26,28)/b25-13-. The number of amidine groups is 1. The molecule has 1 atom stereocenters. The van der Waals surface area contributed by atoms with E-state index in [1.807, 2.05) is 31.2 Å². The zero-order chi connectivity index (χ0) is 23.1. The fourth-order valence-corrected chi connectivity index (χ4v) is 3.79. The third kappa shape index (κ3) is 5.79. The summed E-state index contributed by atoms with van der Waals surface area (Å²) in [5.41, 5.74) is 2.06.